The Hall–Kier alpha value is -1.05. The van der Waals surface area contributed by atoms with Gasteiger partial charge in [0.25, 0.3) is 0 Å². The molecule has 0 saturated heterocycles. The highest BCUT2D eigenvalue weighted by molar-refractivity contribution is 5.34. The van der Waals surface area contributed by atoms with E-state index < -0.39 is 5.82 Å². The van der Waals surface area contributed by atoms with E-state index in [4.69, 9.17) is 5.73 Å². The molecule has 0 aliphatic carbocycles. The Kier molecular flexibility index (Phi) is 1.16. The lowest BCUT2D eigenvalue weighted by molar-refractivity contribution is 0.629. The lowest BCUT2D eigenvalue weighted by atomic mass is 10.3. The maximum atomic E-state index is 12.1. The van der Waals surface area contributed by atoms with Crippen LogP contribution in [0.2, 0.25) is 0 Å². The Balaban J connectivity index is 3.13. The fourth-order valence-corrected chi connectivity index (χ4v) is 0.452. The fourth-order valence-electron chi connectivity index (χ4n) is 0.452. The van der Waals surface area contributed by atoms with Gasteiger partial charge in [-0.3, -0.25) is 0 Å². The minimum Gasteiger partial charge on any atom is -0.205 e. The molecule has 2 heteroatoms. The van der Waals surface area contributed by atoms with Gasteiger partial charge in [0.1, 0.15) is 5.69 Å². The second kappa shape index (κ2) is 1.82. The van der Waals surface area contributed by atoms with E-state index >= 15 is 0 Å². The molecule has 0 fully saturated rings. The summed E-state index contributed by atoms with van der Waals surface area (Å²) in [5, 5.41) is 0. The number of hydrogen-bond acceptors (Lipinski definition) is 0. The van der Waals surface area contributed by atoms with Crippen LogP contribution in [0.4, 0.5) is 10.1 Å². The van der Waals surface area contributed by atoms with E-state index in [0.717, 1.165) is 0 Å². The summed E-state index contributed by atoms with van der Waals surface area (Å²) in [6.45, 7) is 0. The number of nitrogens with zero attached hydrogens (tertiary/aromatic N) is 1. The largest absolute Gasteiger partial charge is 0.205 e. The molecule has 0 N–H and O–H groups in total. The third-order valence-corrected chi connectivity index (χ3v) is 0.852. The van der Waals surface area contributed by atoms with E-state index in [1.807, 2.05) is 0 Å². The molecule has 1 aromatic rings. The minimum atomic E-state index is -0.576. The Morgan fingerprint density at radius 3 is 2.25 bits per heavy atom. The molecule has 0 aromatic heterocycles. The Morgan fingerprint density at radius 2 is 1.88 bits per heavy atom. The van der Waals surface area contributed by atoms with Gasteiger partial charge in [-0.1, -0.05) is 12.1 Å². The summed E-state index contributed by atoms with van der Waals surface area (Å²) < 4.78 is 12.1. The molecule has 0 heterocycles. The first-order valence-electron chi connectivity index (χ1n) is 2.24. The number of benzene rings is 1. The van der Waals surface area contributed by atoms with E-state index in [9.17, 15) is 4.39 Å². The lowest BCUT2D eigenvalue weighted by Gasteiger charge is -1.86. The van der Waals surface area contributed by atoms with Gasteiger partial charge in [0.2, 0.25) is 0 Å². The normalized spacial score (nSPS) is 9.12. The highest BCUT2D eigenvalue weighted by Crippen LogP contribution is 2.07. The molecular weight excluding hydrogens is 105 g/mol. The molecule has 1 aromatic carbocycles. The van der Waals surface area contributed by atoms with Crippen LogP contribution in [0.5, 0.6) is 0 Å². The average molecular weight is 109 g/mol. The van der Waals surface area contributed by atoms with Gasteiger partial charge < -0.3 is 0 Å². The van der Waals surface area contributed by atoms with Crippen molar-refractivity contribution in [1.29, 1.82) is 0 Å². The third-order valence-electron chi connectivity index (χ3n) is 0.852. The molecule has 1 nitrogen and oxygen atoms in total. The predicted octanol–water partition coefficient (Wildman–Crippen LogP) is 1.53. The summed E-state index contributed by atoms with van der Waals surface area (Å²) in [6, 6.07) is 5.60. The van der Waals surface area contributed by atoms with Crippen molar-refractivity contribution in [3.63, 3.8) is 0 Å². The molecule has 0 aliphatic heterocycles. The fraction of sp³-hybridized carbons (Fsp3) is 0. The van der Waals surface area contributed by atoms with Crippen molar-refractivity contribution in [2.45, 2.75) is 0 Å². The summed E-state index contributed by atoms with van der Waals surface area (Å²) in [5.41, 5.74) is 8.25. The molecular formula is C6H4FN. The van der Waals surface area contributed by atoms with Crippen molar-refractivity contribution in [3.8, 4) is 0 Å². The van der Waals surface area contributed by atoms with Gasteiger partial charge >= 0.3 is 0 Å². The zero-order valence-electron chi connectivity index (χ0n) is 4.13. The maximum absolute atomic E-state index is 12.1. The van der Waals surface area contributed by atoms with E-state index in [0.29, 0.717) is 0 Å². The number of halogens is 1. The van der Waals surface area contributed by atoms with Gasteiger partial charge in [-0.25, -0.2) is 4.39 Å². The first kappa shape index (κ1) is 5.09. The van der Waals surface area contributed by atoms with Crippen molar-refractivity contribution in [1.82, 2.24) is 5.73 Å². The molecule has 0 unspecified atom stereocenters. The van der Waals surface area contributed by atoms with Gasteiger partial charge in [0.15, 0.2) is 5.82 Å². The van der Waals surface area contributed by atoms with Crippen molar-refractivity contribution >= 4 is 5.69 Å². The molecule has 0 saturated carbocycles. The molecule has 0 aliphatic rings. The van der Waals surface area contributed by atoms with Crippen LogP contribution in [-0.2, 0) is 0 Å². The molecule has 0 spiro atoms. The molecule has 0 atom stereocenters. The van der Waals surface area contributed by atoms with Gasteiger partial charge in [0.05, 0.1) is 0 Å². The molecule has 0 bridgehead atoms. The highest BCUT2D eigenvalue weighted by atomic mass is 19.1. The summed E-state index contributed by atoms with van der Waals surface area (Å²) in [7, 11) is 0. The predicted molar refractivity (Wildman–Crippen MR) is 28.2 cm³/mol. The number of hydrogen-bond donors (Lipinski definition) is 0. The Morgan fingerprint density at radius 1 is 1.25 bits per heavy atom. The minimum absolute atomic E-state index is 0.299. The van der Waals surface area contributed by atoms with E-state index in [1.165, 1.54) is 18.2 Å². The van der Waals surface area contributed by atoms with Crippen LogP contribution in [0.25, 0.3) is 0 Å². The van der Waals surface area contributed by atoms with E-state index in [1.54, 1.807) is 6.07 Å². The zero-order chi connectivity index (χ0) is 5.98. The van der Waals surface area contributed by atoms with Gasteiger partial charge in [-0.2, -0.15) is 0 Å². The van der Waals surface area contributed by atoms with Crippen LogP contribution < -0.4 is 5.73 Å². The van der Waals surface area contributed by atoms with Crippen LogP contribution in [0.3, 0.4) is 0 Å². The SMILES string of the molecule is [N]c1ccccc1F. The van der Waals surface area contributed by atoms with Crippen molar-refractivity contribution in [2.24, 2.45) is 0 Å². The topological polar surface area (TPSA) is 22.3 Å². The highest BCUT2D eigenvalue weighted by Gasteiger charge is 1.92. The van der Waals surface area contributed by atoms with Crippen LogP contribution in [0, 0.1) is 5.82 Å². The van der Waals surface area contributed by atoms with Crippen molar-refractivity contribution in [3.05, 3.63) is 30.1 Å². The second-order valence-electron chi connectivity index (χ2n) is 1.45. The molecule has 1 rings (SSSR count). The van der Waals surface area contributed by atoms with Gasteiger partial charge in [-0.05, 0) is 12.1 Å². The van der Waals surface area contributed by atoms with Gasteiger partial charge in [-0.15, -0.1) is 5.73 Å². The zero-order valence-corrected chi connectivity index (χ0v) is 4.13. The molecule has 2 radical (unpaired) electrons. The van der Waals surface area contributed by atoms with E-state index in [2.05, 4.69) is 0 Å². The van der Waals surface area contributed by atoms with Crippen molar-refractivity contribution in [2.75, 3.05) is 0 Å². The molecule has 8 heavy (non-hydrogen) atoms. The van der Waals surface area contributed by atoms with E-state index in [-0.39, 0.29) is 5.69 Å². The van der Waals surface area contributed by atoms with Crippen molar-refractivity contribution < 1.29 is 4.39 Å². The summed E-state index contributed by atoms with van der Waals surface area (Å²) in [5.74, 6) is -0.576. The Bertz CT molecular complexity index is 165. The second-order valence-corrected chi connectivity index (χ2v) is 1.45. The van der Waals surface area contributed by atoms with Crippen LogP contribution in [-0.4, -0.2) is 0 Å². The third kappa shape index (κ3) is 0.780. The van der Waals surface area contributed by atoms with Crippen LogP contribution >= 0.6 is 0 Å². The summed E-state index contributed by atoms with van der Waals surface area (Å²) >= 11 is 0. The first-order chi connectivity index (χ1) is 3.80. The number of rotatable bonds is 0. The van der Waals surface area contributed by atoms with Gasteiger partial charge in [0, 0.05) is 0 Å². The molecule has 0 amide bonds. The standard InChI is InChI=1S/C6H4FN/c7-5-3-1-2-4-6(5)8/h1-4H. The smallest absolute Gasteiger partial charge is 0.150 e. The Labute approximate surface area is 46.9 Å². The first-order valence-corrected chi connectivity index (χ1v) is 2.24. The van der Waals surface area contributed by atoms with Crippen LogP contribution in [0.1, 0.15) is 0 Å². The maximum Gasteiger partial charge on any atom is 0.150 e. The lowest BCUT2D eigenvalue weighted by Crippen LogP contribution is -1.74. The quantitative estimate of drug-likeness (QED) is 0.482. The summed E-state index contributed by atoms with van der Waals surface area (Å²) in [6.07, 6.45) is 0. The average Bonchev–Trinajstić information content (AvgIpc) is 1.77. The van der Waals surface area contributed by atoms with Crippen LogP contribution in [0.15, 0.2) is 24.3 Å². The monoisotopic (exact) mass is 109 g/mol. The summed E-state index contributed by atoms with van der Waals surface area (Å²) in [4.78, 5) is 0. The molecule has 40 valence electrons.